The summed E-state index contributed by atoms with van der Waals surface area (Å²) in [7, 11) is 1.55. The molecule has 0 bridgehead atoms. The van der Waals surface area contributed by atoms with Crippen LogP contribution in [0.3, 0.4) is 0 Å². The van der Waals surface area contributed by atoms with Gasteiger partial charge in [0.2, 0.25) is 5.76 Å². The maximum Gasteiger partial charge on any atom is 0.371 e. The minimum atomic E-state index is -1.12. The molecule has 1 aromatic heterocycles. The number of methoxy groups -OCH3 is 1. The number of aliphatic imine (C=N–C) groups is 1. The van der Waals surface area contributed by atoms with Gasteiger partial charge in [0.15, 0.2) is 11.5 Å². The number of ether oxygens (including phenoxy) is 2. The number of nitrogens with zero attached hydrogens (tertiary/aromatic N) is 1. The first-order chi connectivity index (χ1) is 13.5. The molecular formula is C21H18BrNO5. The van der Waals surface area contributed by atoms with Gasteiger partial charge < -0.3 is 19.0 Å². The van der Waals surface area contributed by atoms with Crippen molar-refractivity contribution >= 4 is 33.8 Å². The lowest BCUT2D eigenvalue weighted by atomic mass is 10.2. The lowest BCUT2D eigenvalue weighted by molar-refractivity contribution is 0.0658. The minimum Gasteiger partial charge on any atom is -0.493 e. The zero-order chi connectivity index (χ0) is 20.1. The number of aromatic carboxylic acids is 1. The molecule has 7 heteroatoms. The van der Waals surface area contributed by atoms with E-state index in [0.717, 1.165) is 21.3 Å². The van der Waals surface area contributed by atoms with Crippen molar-refractivity contribution in [3.63, 3.8) is 0 Å². The predicted molar refractivity (Wildman–Crippen MR) is 109 cm³/mol. The number of benzene rings is 2. The van der Waals surface area contributed by atoms with Crippen molar-refractivity contribution in [1.82, 2.24) is 0 Å². The van der Waals surface area contributed by atoms with Gasteiger partial charge in [0, 0.05) is 10.7 Å². The Morgan fingerprint density at radius 3 is 2.68 bits per heavy atom. The average Bonchev–Trinajstić information content (AvgIpc) is 3.17. The smallest absolute Gasteiger partial charge is 0.371 e. The van der Waals surface area contributed by atoms with Crippen molar-refractivity contribution in [3.8, 4) is 11.5 Å². The molecule has 1 heterocycles. The number of carboxylic acid groups (broad SMARTS) is 1. The Labute approximate surface area is 170 Å². The molecule has 3 rings (SSSR count). The summed E-state index contributed by atoms with van der Waals surface area (Å²) in [5, 5.41) is 8.89. The number of aryl methyl sites for hydroxylation is 1. The molecule has 0 saturated heterocycles. The van der Waals surface area contributed by atoms with Crippen LogP contribution in [0.15, 0.2) is 62.4 Å². The summed E-state index contributed by atoms with van der Waals surface area (Å²) >= 11 is 3.47. The monoisotopic (exact) mass is 443 g/mol. The SMILES string of the molecule is COc1cc(C=Nc2ccc(Br)c(C)c2)ccc1OCc1ccc(C(=O)O)o1. The number of carbonyl (C=O) groups is 1. The van der Waals surface area contributed by atoms with Crippen molar-refractivity contribution in [3.05, 3.63) is 75.7 Å². The standard InChI is InChI=1S/C21H18BrNO5/c1-13-9-15(4-6-17(13)22)23-11-14-3-7-18(20(10-14)26-2)27-12-16-5-8-19(28-16)21(24)25/h3-11H,12H2,1-2H3,(H,24,25). The molecule has 3 aromatic rings. The molecule has 1 N–H and O–H groups in total. The molecule has 28 heavy (non-hydrogen) atoms. The largest absolute Gasteiger partial charge is 0.493 e. The van der Waals surface area contributed by atoms with E-state index in [-0.39, 0.29) is 12.4 Å². The molecule has 0 unspecified atom stereocenters. The lowest BCUT2D eigenvalue weighted by Gasteiger charge is -2.10. The van der Waals surface area contributed by atoms with Crippen LogP contribution in [0.5, 0.6) is 11.5 Å². The van der Waals surface area contributed by atoms with E-state index in [1.54, 1.807) is 25.5 Å². The molecule has 6 nitrogen and oxygen atoms in total. The number of carboxylic acids is 1. The van der Waals surface area contributed by atoms with Gasteiger partial charge in [0.1, 0.15) is 12.4 Å². The topological polar surface area (TPSA) is 81.3 Å². The minimum absolute atomic E-state index is 0.0925. The summed E-state index contributed by atoms with van der Waals surface area (Å²) in [4.78, 5) is 15.3. The molecular weight excluding hydrogens is 426 g/mol. The molecule has 0 atom stereocenters. The third-order valence-electron chi connectivity index (χ3n) is 3.93. The number of rotatable bonds is 7. The van der Waals surface area contributed by atoms with Crippen molar-refractivity contribution < 1.29 is 23.8 Å². The molecule has 0 amide bonds. The zero-order valence-corrected chi connectivity index (χ0v) is 16.9. The van der Waals surface area contributed by atoms with E-state index in [1.165, 1.54) is 6.07 Å². The Bertz CT molecular complexity index is 1030. The Kier molecular flexibility index (Phi) is 6.16. The summed E-state index contributed by atoms with van der Waals surface area (Å²) < 4.78 is 17.3. The highest BCUT2D eigenvalue weighted by Crippen LogP contribution is 2.29. The summed E-state index contributed by atoms with van der Waals surface area (Å²) in [6.07, 6.45) is 1.75. The van der Waals surface area contributed by atoms with Gasteiger partial charge in [-0.1, -0.05) is 15.9 Å². The lowest BCUT2D eigenvalue weighted by Crippen LogP contribution is -1.98. The number of hydrogen-bond acceptors (Lipinski definition) is 5. The molecule has 0 radical (unpaired) electrons. The van der Waals surface area contributed by atoms with Crippen LogP contribution in [0.25, 0.3) is 0 Å². The summed E-state index contributed by atoms with van der Waals surface area (Å²) in [6, 6.07) is 14.3. The first-order valence-corrected chi connectivity index (χ1v) is 9.18. The molecule has 0 aliphatic rings. The van der Waals surface area contributed by atoms with Crippen molar-refractivity contribution in [2.45, 2.75) is 13.5 Å². The van der Waals surface area contributed by atoms with Gasteiger partial charge in [-0.3, -0.25) is 4.99 Å². The normalized spacial score (nSPS) is 11.0. The summed E-state index contributed by atoms with van der Waals surface area (Å²) in [6.45, 7) is 2.10. The van der Waals surface area contributed by atoms with Crippen LogP contribution < -0.4 is 9.47 Å². The predicted octanol–water partition coefficient (Wildman–Crippen LogP) is 5.39. The van der Waals surface area contributed by atoms with Gasteiger partial charge in [-0.25, -0.2) is 4.79 Å². The van der Waals surface area contributed by atoms with E-state index in [9.17, 15) is 4.79 Å². The molecule has 0 aliphatic heterocycles. The Balaban J connectivity index is 1.71. The van der Waals surface area contributed by atoms with Crippen molar-refractivity contribution in [2.24, 2.45) is 4.99 Å². The van der Waals surface area contributed by atoms with E-state index in [2.05, 4.69) is 20.9 Å². The van der Waals surface area contributed by atoms with Gasteiger partial charge in [0.05, 0.1) is 12.8 Å². The first kappa shape index (κ1) is 19.7. The van der Waals surface area contributed by atoms with Crippen LogP contribution in [0.4, 0.5) is 5.69 Å². The number of furan rings is 1. The highest BCUT2D eigenvalue weighted by atomic mass is 79.9. The van der Waals surface area contributed by atoms with Gasteiger partial charge in [-0.05, 0) is 66.6 Å². The van der Waals surface area contributed by atoms with Crippen LogP contribution >= 0.6 is 15.9 Å². The van der Waals surface area contributed by atoms with Gasteiger partial charge in [0.25, 0.3) is 0 Å². The van der Waals surface area contributed by atoms with E-state index >= 15 is 0 Å². The fourth-order valence-corrected chi connectivity index (χ4v) is 2.71. The maximum atomic E-state index is 10.9. The Morgan fingerprint density at radius 2 is 2.00 bits per heavy atom. The Morgan fingerprint density at radius 1 is 1.18 bits per heavy atom. The van der Waals surface area contributed by atoms with E-state index in [1.807, 2.05) is 37.3 Å². The third-order valence-corrected chi connectivity index (χ3v) is 4.82. The second-order valence-corrected chi connectivity index (χ2v) is 6.82. The molecule has 144 valence electrons. The quantitative estimate of drug-likeness (QED) is 0.495. The fourth-order valence-electron chi connectivity index (χ4n) is 2.46. The van der Waals surface area contributed by atoms with Crippen molar-refractivity contribution in [2.75, 3.05) is 7.11 Å². The van der Waals surface area contributed by atoms with Crippen LogP contribution in [0.2, 0.25) is 0 Å². The third kappa shape index (κ3) is 4.80. The molecule has 0 spiro atoms. The van der Waals surface area contributed by atoms with Crippen molar-refractivity contribution in [1.29, 1.82) is 0 Å². The average molecular weight is 444 g/mol. The summed E-state index contributed by atoms with van der Waals surface area (Å²) in [5.41, 5.74) is 2.82. The van der Waals surface area contributed by atoms with Gasteiger partial charge in [-0.2, -0.15) is 0 Å². The highest BCUT2D eigenvalue weighted by Gasteiger charge is 2.11. The Hall–Kier alpha value is -3.06. The van der Waals surface area contributed by atoms with E-state index in [0.29, 0.717) is 17.3 Å². The van der Waals surface area contributed by atoms with Crippen LogP contribution in [0, 0.1) is 6.92 Å². The second-order valence-electron chi connectivity index (χ2n) is 5.96. The molecule has 2 aromatic carbocycles. The molecule has 0 fully saturated rings. The number of hydrogen-bond donors (Lipinski definition) is 1. The highest BCUT2D eigenvalue weighted by molar-refractivity contribution is 9.10. The summed E-state index contributed by atoms with van der Waals surface area (Å²) in [5.74, 6) is 0.234. The molecule has 0 saturated carbocycles. The van der Waals surface area contributed by atoms with Gasteiger partial charge in [-0.15, -0.1) is 0 Å². The fraction of sp³-hybridized carbons (Fsp3) is 0.143. The van der Waals surface area contributed by atoms with E-state index < -0.39 is 5.97 Å². The van der Waals surface area contributed by atoms with Crippen LogP contribution in [0.1, 0.15) is 27.4 Å². The first-order valence-electron chi connectivity index (χ1n) is 8.39. The van der Waals surface area contributed by atoms with Gasteiger partial charge >= 0.3 is 5.97 Å². The number of halogens is 1. The van der Waals surface area contributed by atoms with Crippen LogP contribution in [-0.4, -0.2) is 24.4 Å². The van der Waals surface area contributed by atoms with Crippen LogP contribution in [-0.2, 0) is 6.61 Å². The zero-order valence-electron chi connectivity index (χ0n) is 15.3. The van der Waals surface area contributed by atoms with E-state index in [4.69, 9.17) is 19.0 Å². The maximum absolute atomic E-state index is 10.9. The molecule has 0 aliphatic carbocycles. The second kappa shape index (κ2) is 8.75.